The summed E-state index contributed by atoms with van der Waals surface area (Å²) in [5, 5.41) is 23.2. The Hall–Kier alpha value is -4.59. The Morgan fingerprint density at radius 3 is 2.03 bits per heavy atom. The van der Waals surface area contributed by atoms with Gasteiger partial charge in [-0.15, -0.1) is 0 Å². The second-order valence-electron chi connectivity index (χ2n) is 7.74. The second kappa shape index (κ2) is 10.6. The smallest absolute Gasteiger partial charge is 0.357 e. The molecule has 0 bridgehead atoms. The lowest BCUT2D eigenvalue weighted by molar-refractivity contribution is -0.129. The third-order valence-electron chi connectivity index (χ3n) is 5.54. The van der Waals surface area contributed by atoms with Crippen LogP contribution in [0.25, 0.3) is 6.08 Å². The van der Waals surface area contributed by atoms with E-state index in [-0.39, 0.29) is 11.3 Å². The Labute approximate surface area is 203 Å². The summed E-state index contributed by atoms with van der Waals surface area (Å²) in [5.41, 5.74) is 3.39. The average molecular weight is 468 g/mol. The van der Waals surface area contributed by atoms with Gasteiger partial charge in [0.05, 0.1) is 22.6 Å². The molecule has 8 nitrogen and oxygen atoms in total. The molecule has 0 aliphatic carbocycles. The van der Waals surface area contributed by atoms with E-state index in [1.54, 1.807) is 48.5 Å². The summed E-state index contributed by atoms with van der Waals surface area (Å²) in [4.78, 5) is 26.9. The maximum Gasteiger partial charge on any atom is 0.357 e. The highest BCUT2D eigenvalue weighted by molar-refractivity contribution is 6.53. The van der Waals surface area contributed by atoms with Gasteiger partial charge in [-0.25, -0.2) is 4.79 Å². The van der Waals surface area contributed by atoms with Crippen molar-refractivity contribution >= 4 is 46.4 Å². The minimum Gasteiger partial charge on any atom is -0.476 e. The molecule has 1 N–H and O–H groups in total. The molecule has 1 amide bonds. The number of azo groups is 1. The van der Waals surface area contributed by atoms with Crippen LogP contribution in [0.3, 0.4) is 0 Å². The molecule has 0 radical (unpaired) electrons. The first-order chi connectivity index (χ1) is 17.0. The van der Waals surface area contributed by atoms with Crippen LogP contribution in [0.15, 0.2) is 99.8 Å². The molecule has 0 saturated carbocycles. The first-order valence-electron chi connectivity index (χ1n) is 11.3. The highest BCUT2D eigenvalue weighted by atomic mass is 16.4. The number of nitrogens with zero attached hydrogens (tertiary/aromatic N) is 5. The monoisotopic (exact) mass is 467 g/mol. The SMILES string of the molecule is CCN(CC)c1ccc(N=Nc2ccc(C=C3C(=O)N(c4ccccc4)N=C3C(=O)O)cc2)cc1. The quantitative estimate of drug-likeness (QED) is 0.333. The molecule has 0 unspecified atom stereocenters. The predicted molar refractivity (Wildman–Crippen MR) is 138 cm³/mol. The summed E-state index contributed by atoms with van der Waals surface area (Å²) >= 11 is 0. The van der Waals surface area contributed by atoms with Gasteiger partial charge in [-0.3, -0.25) is 4.79 Å². The van der Waals surface area contributed by atoms with E-state index in [9.17, 15) is 14.7 Å². The first kappa shape index (κ1) is 23.6. The Morgan fingerprint density at radius 2 is 1.49 bits per heavy atom. The average Bonchev–Trinajstić information content (AvgIpc) is 3.22. The summed E-state index contributed by atoms with van der Waals surface area (Å²) in [6.45, 7) is 6.12. The molecule has 1 aliphatic rings. The van der Waals surface area contributed by atoms with Gasteiger partial charge in [-0.2, -0.15) is 20.3 Å². The van der Waals surface area contributed by atoms with E-state index in [0.717, 1.165) is 29.5 Å². The highest BCUT2D eigenvalue weighted by Crippen LogP contribution is 2.26. The standard InChI is InChI=1S/C27H25N5O3/c1-3-31(4-2)22-16-14-21(15-17-22)29-28-20-12-10-19(11-13-20)18-24-25(27(34)35)30-32(26(24)33)23-8-6-5-7-9-23/h5-18H,3-4H2,1-2H3,(H,34,35). The van der Waals surface area contributed by atoms with Crippen LogP contribution in [-0.4, -0.2) is 35.8 Å². The van der Waals surface area contributed by atoms with Crippen LogP contribution >= 0.6 is 0 Å². The van der Waals surface area contributed by atoms with Gasteiger partial charge in [0.2, 0.25) is 0 Å². The number of para-hydroxylation sites is 1. The highest BCUT2D eigenvalue weighted by Gasteiger charge is 2.34. The van der Waals surface area contributed by atoms with Crippen LogP contribution in [0.2, 0.25) is 0 Å². The molecule has 35 heavy (non-hydrogen) atoms. The summed E-state index contributed by atoms with van der Waals surface area (Å²) in [7, 11) is 0. The molecule has 0 saturated heterocycles. The van der Waals surface area contributed by atoms with Crippen molar-refractivity contribution in [3.8, 4) is 0 Å². The largest absolute Gasteiger partial charge is 0.476 e. The molecular formula is C27H25N5O3. The Balaban J connectivity index is 1.50. The topological polar surface area (TPSA) is 97.9 Å². The summed E-state index contributed by atoms with van der Waals surface area (Å²) < 4.78 is 0. The van der Waals surface area contributed by atoms with Crippen LogP contribution in [0, 0.1) is 0 Å². The zero-order valence-corrected chi connectivity index (χ0v) is 19.5. The number of benzene rings is 3. The van der Waals surface area contributed by atoms with E-state index < -0.39 is 11.9 Å². The molecule has 1 heterocycles. The van der Waals surface area contributed by atoms with Crippen LogP contribution in [0.5, 0.6) is 0 Å². The van der Waals surface area contributed by atoms with Gasteiger partial charge >= 0.3 is 5.97 Å². The number of carboxylic acid groups (broad SMARTS) is 1. The Bertz CT molecular complexity index is 1290. The minimum absolute atomic E-state index is 0.0176. The molecule has 1 aliphatic heterocycles. The molecule has 4 rings (SSSR count). The zero-order chi connectivity index (χ0) is 24.8. The van der Waals surface area contributed by atoms with Gasteiger partial charge in [-0.1, -0.05) is 30.3 Å². The fraction of sp³-hybridized carbons (Fsp3) is 0.148. The first-order valence-corrected chi connectivity index (χ1v) is 11.3. The Kier molecular flexibility index (Phi) is 7.11. The molecule has 0 spiro atoms. The number of carbonyl (C=O) groups is 2. The van der Waals surface area contributed by atoms with Crippen molar-refractivity contribution in [2.45, 2.75) is 13.8 Å². The van der Waals surface area contributed by atoms with Crippen molar-refractivity contribution in [2.24, 2.45) is 15.3 Å². The van der Waals surface area contributed by atoms with E-state index in [4.69, 9.17) is 0 Å². The van der Waals surface area contributed by atoms with Crippen molar-refractivity contribution in [1.29, 1.82) is 0 Å². The maximum atomic E-state index is 12.9. The van der Waals surface area contributed by atoms with Gasteiger partial charge in [0.25, 0.3) is 5.91 Å². The number of hydrogen-bond acceptors (Lipinski definition) is 6. The lowest BCUT2D eigenvalue weighted by Gasteiger charge is -2.20. The number of carbonyl (C=O) groups excluding carboxylic acids is 1. The minimum atomic E-state index is -1.26. The van der Waals surface area contributed by atoms with E-state index >= 15 is 0 Å². The summed E-state index contributed by atoms with van der Waals surface area (Å²) in [6, 6.07) is 23.6. The number of carboxylic acids is 1. The van der Waals surface area contributed by atoms with Crippen molar-refractivity contribution in [3.05, 3.63) is 90.0 Å². The van der Waals surface area contributed by atoms with E-state index in [1.807, 2.05) is 30.3 Å². The molecule has 8 heteroatoms. The number of hydrazone groups is 1. The summed E-state index contributed by atoms with van der Waals surface area (Å²) in [6.07, 6.45) is 1.52. The third kappa shape index (κ3) is 5.33. The lowest BCUT2D eigenvalue weighted by atomic mass is 10.1. The van der Waals surface area contributed by atoms with Gasteiger partial charge in [0.1, 0.15) is 0 Å². The maximum absolute atomic E-state index is 12.9. The van der Waals surface area contributed by atoms with Crippen molar-refractivity contribution in [2.75, 3.05) is 23.0 Å². The van der Waals surface area contributed by atoms with Crippen LogP contribution in [0.4, 0.5) is 22.7 Å². The van der Waals surface area contributed by atoms with Gasteiger partial charge < -0.3 is 10.0 Å². The van der Waals surface area contributed by atoms with Crippen LogP contribution < -0.4 is 9.91 Å². The number of amides is 1. The summed E-state index contributed by atoms with van der Waals surface area (Å²) in [5.74, 6) is -1.76. The van der Waals surface area contributed by atoms with Gasteiger partial charge in [0, 0.05) is 18.8 Å². The number of aliphatic carboxylic acids is 1. The molecule has 176 valence electrons. The van der Waals surface area contributed by atoms with Gasteiger partial charge in [-0.05, 0) is 74.0 Å². The second-order valence-corrected chi connectivity index (χ2v) is 7.74. The molecule has 0 atom stereocenters. The van der Waals surface area contributed by atoms with E-state index in [2.05, 4.69) is 34.1 Å². The number of rotatable bonds is 8. The predicted octanol–water partition coefficient (Wildman–Crippen LogP) is 5.82. The Morgan fingerprint density at radius 1 is 0.914 bits per heavy atom. The normalized spacial score (nSPS) is 14.6. The fourth-order valence-electron chi connectivity index (χ4n) is 3.69. The zero-order valence-electron chi connectivity index (χ0n) is 19.5. The van der Waals surface area contributed by atoms with Crippen molar-refractivity contribution < 1.29 is 14.7 Å². The van der Waals surface area contributed by atoms with Crippen molar-refractivity contribution in [3.63, 3.8) is 0 Å². The molecule has 0 fully saturated rings. The van der Waals surface area contributed by atoms with Crippen molar-refractivity contribution in [1.82, 2.24) is 0 Å². The van der Waals surface area contributed by atoms with Crippen LogP contribution in [-0.2, 0) is 9.59 Å². The number of hydrogen-bond donors (Lipinski definition) is 1. The fourth-order valence-corrected chi connectivity index (χ4v) is 3.69. The van der Waals surface area contributed by atoms with Gasteiger partial charge in [0.15, 0.2) is 5.71 Å². The number of anilines is 2. The van der Waals surface area contributed by atoms with Crippen LogP contribution in [0.1, 0.15) is 19.4 Å². The molecule has 3 aromatic carbocycles. The molecular weight excluding hydrogens is 442 g/mol. The molecule has 0 aromatic heterocycles. The third-order valence-corrected chi connectivity index (χ3v) is 5.54. The van der Waals surface area contributed by atoms with E-state index in [0.29, 0.717) is 16.9 Å². The molecule has 3 aromatic rings. The lowest BCUT2D eigenvalue weighted by Crippen LogP contribution is -2.22. The van der Waals surface area contributed by atoms with E-state index in [1.165, 1.54) is 6.08 Å².